The number of likely N-dealkylation sites (N-methyl/N-ethyl adjacent to an activating group) is 1. The first-order valence-corrected chi connectivity index (χ1v) is 12.4. The zero-order valence-electron chi connectivity index (χ0n) is 17.5. The van der Waals surface area contributed by atoms with E-state index in [1.54, 1.807) is 34.9 Å². The van der Waals surface area contributed by atoms with Crippen LogP contribution in [0.15, 0.2) is 63.4 Å². The summed E-state index contributed by atoms with van der Waals surface area (Å²) in [6.45, 7) is 1.12. The summed E-state index contributed by atoms with van der Waals surface area (Å²) in [6.07, 6.45) is 1.13. The topological polar surface area (TPSA) is 101 Å². The van der Waals surface area contributed by atoms with Crippen LogP contribution in [0, 0.1) is 0 Å². The van der Waals surface area contributed by atoms with Crippen molar-refractivity contribution in [2.45, 2.75) is 16.6 Å². The van der Waals surface area contributed by atoms with E-state index in [1.165, 1.54) is 23.9 Å². The molecule has 0 bridgehead atoms. The largest absolute Gasteiger partial charge is 0.325 e. The summed E-state index contributed by atoms with van der Waals surface area (Å²) in [6, 6.07) is 13.1. The zero-order chi connectivity index (χ0) is 22.6. The molecule has 0 aliphatic rings. The number of hydrogen-bond acceptors (Lipinski definition) is 7. The lowest BCUT2D eigenvalue weighted by atomic mass is 10.2. The van der Waals surface area contributed by atoms with Crippen molar-refractivity contribution in [1.29, 1.82) is 0 Å². The summed E-state index contributed by atoms with van der Waals surface area (Å²) in [5, 5.41) is 3.76. The Bertz CT molecular complexity index is 1250. The summed E-state index contributed by atoms with van der Waals surface area (Å²) in [5.41, 5.74) is 0.953. The number of aromatic nitrogens is 2. The highest BCUT2D eigenvalue weighted by atomic mass is 32.2. The first-order chi connectivity index (χ1) is 14.6. The van der Waals surface area contributed by atoms with E-state index in [2.05, 4.69) is 10.3 Å². The number of hydrogen-bond donors (Lipinski definition) is 1. The summed E-state index contributed by atoms with van der Waals surface area (Å²) < 4.78 is 24.7. The Morgan fingerprint density at radius 2 is 1.81 bits per heavy atom. The van der Waals surface area contributed by atoms with Gasteiger partial charge in [-0.3, -0.25) is 14.2 Å². The highest BCUT2D eigenvalue weighted by molar-refractivity contribution is 7.99. The third-order valence-corrected chi connectivity index (χ3v) is 6.60. The van der Waals surface area contributed by atoms with Crippen LogP contribution < -0.4 is 10.9 Å². The molecule has 0 fully saturated rings. The molecular weight excluding hydrogens is 436 g/mol. The molecule has 0 aliphatic carbocycles. The van der Waals surface area contributed by atoms with Crippen LogP contribution in [0.1, 0.15) is 0 Å². The van der Waals surface area contributed by atoms with E-state index < -0.39 is 9.84 Å². The number of sulfone groups is 1. The van der Waals surface area contributed by atoms with Crippen molar-refractivity contribution in [3.63, 3.8) is 0 Å². The van der Waals surface area contributed by atoms with Crippen molar-refractivity contribution >= 4 is 44.1 Å². The highest BCUT2D eigenvalue weighted by Gasteiger charge is 2.14. The second-order valence-electron chi connectivity index (χ2n) is 7.30. The normalized spacial score (nSPS) is 11.7. The van der Waals surface area contributed by atoms with Crippen LogP contribution in [0.5, 0.6) is 0 Å². The average Bonchev–Trinajstić information content (AvgIpc) is 2.71. The number of rotatable bonds is 8. The minimum Gasteiger partial charge on any atom is -0.325 e. The molecule has 3 rings (SSSR count). The summed E-state index contributed by atoms with van der Waals surface area (Å²) in [7, 11) is 0.557. The maximum atomic E-state index is 13.0. The maximum Gasteiger partial charge on any atom is 0.262 e. The fourth-order valence-electron chi connectivity index (χ4n) is 2.87. The lowest BCUT2D eigenvalue weighted by Crippen LogP contribution is -2.29. The Kier molecular flexibility index (Phi) is 7.14. The number of benzene rings is 2. The molecule has 1 aromatic heterocycles. The van der Waals surface area contributed by atoms with Crippen molar-refractivity contribution in [3.8, 4) is 0 Å². The molecule has 0 unspecified atom stereocenters. The van der Waals surface area contributed by atoms with Gasteiger partial charge in [0, 0.05) is 25.0 Å². The lowest BCUT2D eigenvalue weighted by molar-refractivity contribution is -0.113. The van der Waals surface area contributed by atoms with Crippen molar-refractivity contribution in [2.75, 3.05) is 38.0 Å². The Labute approximate surface area is 185 Å². The maximum absolute atomic E-state index is 13.0. The Morgan fingerprint density at radius 3 is 2.45 bits per heavy atom. The van der Waals surface area contributed by atoms with Crippen LogP contribution in [0.3, 0.4) is 0 Å². The average molecular weight is 461 g/mol. The molecule has 0 saturated carbocycles. The number of amides is 1. The molecular formula is C21H24N4O4S2. The van der Waals surface area contributed by atoms with Crippen molar-refractivity contribution in [1.82, 2.24) is 14.5 Å². The van der Waals surface area contributed by atoms with Crippen molar-refractivity contribution in [3.05, 3.63) is 58.9 Å². The number of nitrogens with one attached hydrogen (secondary N) is 1. The van der Waals surface area contributed by atoms with Crippen LogP contribution in [0.4, 0.5) is 5.69 Å². The monoisotopic (exact) mass is 460 g/mol. The fourth-order valence-corrected chi connectivity index (χ4v) is 4.32. The first-order valence-electron chi connectivity index (χ1n) is 9.52. The molecule has 0 spiro atoms. The van der Waals surface area contributed by atoms with Gasteiger partial charge >= 0.3 is 0 Å². The number of nitrogens with zero attached hydrogens (tertiary/aromatic N) is 3. The van der Waals surface area contributed by atoms with Gasteiger partial charge in [0.25, 0.3) is 5.56 Å². The molecule has 3 aromatic rings. The molecule has 2 aromatic carbocycles. The van der Waals surface area contributed by atoms with E-state index in [-0.39, 0.29) is 22.1 Å². The van der Waals surface area contributed by atoms with E-state index in [9.17, 15) is 18.0 Å². The number of anilines is 1. The Balaban J connectivity index is 1.76. The number of carbonyl (C=O) groups excluding carboxylic acids is 1. The standard InChI is InChI=1S/C21H24N4O4S2/c1-24(2)12-13-25-20(27)17-6-4-5-7-18(17)23-21(25)30-14-19(26)22-15-8-10-16(11-9-15)31(3,28)29/h4-11H,12-14H2,1-3H3,(H,22,26). The Hall–Kier alpha value is -2.69. The third-order valence-electron chi connectivity index (χ3n) is 4.50. The van der Waals surface area contributed by atoms with E-state index in [4.69, 9.17) is 0 Å². The molecule has 1 heterocycles. The van der Waals surface area contributed by atoms with Gasteiger partial charge < -0.3 is 10.2 Å². The van der Waals surface area contributed by atoms with Gasteiger partial charge in [0.15, 0.2) is 15.0 Å². The molecule has 0 aliphatic heterocycles. The molecule has 8 nitrogen and oxygen atoms in total. The molecule has 0 saturated heterocycles. The summed E-state index contributed by atoms with van der Waals surface area (Å²) >= 11 is 1.19. The van der Waals surface area contributed by atoms with Crippen LogP contribution in [-0.4, -0.2) is 61.4 Å². The third kappa shape index (κ3) is 5.93. The first kappa shape index (κ1) is 23.0. The van der Waals surface area contributed by atoms with Crippen LogP contribution in [0.25, 0.3) is 10.9 Å². The molecule has 10 heteroatoms. The SMILES string of the molecule is CN(C)CCn1c(SCC(=O)Nc2ccc(S(C)(=O)=O)cc2)nc2ccccc2c1=O. The second-order valence-corrected chi connectivity index (χ2v) is 10.3. The van der Waals surface area contributed by atoms with Crippen LogP contribution in [0.2, 0.25) is 0 Å². The Morgan fingerprint density at radius 1 is 1.13 bits per heavy atom. The van der Waals surface area contributed by atoms with Gasteiger partial charge in [0.2, 0.25) is 5.91 Å². The quantitative estimate of drug-likeness (QED) is 0.406. The van der Waals surface area contributed by atoms with E-state index in [0.717, 1.165) is 6.26 Å². The lowest BCUT2D eigenvalue weighted by Gasteiger charge is -2.15. The molecule has 1 N–H and O–H groups in total. The minimum absolute atomic E-state index is 0.0561. The summed E-state index contributed by atoms with van der Waals surface area (Å²) in [5.74, 6) is -0.223. The summed E-state index contributed by atoms with van der Waals surface area (Å²) in [4.78, 5) is 32.1. The predicted octanol–water partition coefficient (Wildman–Crippen LogP) is 2.09. The number of carbonyl (C=O) groups is 1. The van der Waals surface area contributed by atoms with Gasteiger partial charge in [-0.15, -0.1) is 0 Å². The molecule has 164 valence electrons. The number of para-hydroxylation sites is 1. The molecule has 31 heavy (non-hydrogen) atoms. The van der Waals surface area contributed by atoms with Gasteiger partial charge in [0.1, 0.15) is 0 Å². The predicted molar refractivity (Wildman–Crippen MR) is 123 cm³/mol. The van der Waals surface area contributed by atoms with Gasteiger partial charge in [-0.25, -0.2) is 13.4 Å². The van der Waals surface area contributed by atoms with E-state index in [1.807, 2.05) is 25.1 Å². The van der Waals surface area contributed by atoms with Gasteiger partial charge in [0.05, 0.1) is 21.6 Å². The van der Waals surface area contributed by atoms with Gasteiger partial charge in [-0.2, -0.15) is 0 Å². The van der Waals surface area contributed by atoms with Gasteiger partial charge in [-0.1, -0.05) is 23.9 Å². The number of thioether (sulfide) groups is 1. The van der Waals surface area contributed by atoms with E-state index in [0.29, 0.717) is 34.8 Å². The van der Waals surface area contributed by atoms with E-state index >= 15 is 0 Å². The van der Waals surface area contributed by atoms with Crippen LogP contribution in [-0.2, 0) is 21.2 Å². The molecule has 1 amide bonds. The van der Waals surface area contributed by atoms with Gasteiger partial charge in [-0.05, 0) is 50.5 Å². The van der Waals surface area contributed by atoms with Crippen molar-refractivity contribution < 1.29 is 13.2 Å². The van der Waals surface area contributed by atoms with Crippen molar-refractivity contribution in [2.24, 2.45) is 0 Å². The fraction of sp³-hybridized carbons (Fsp3) is 0.286. The smallest absolute Gasteiger partial charge is 0.262 e. The molecule has 0 atom stereocenters. The number of fused-ring (bicyclic) bond motifs is 1. The molecule has 0 radical (unpaired) electrons. The highest BCUT2D eigenvalue weighted by Crippen LogP contribution is 2.19. The zero-order valence-corrected chi connectivity index (χ0v) is 19.2. The second kappa shape index (κ2) is 9.63. The van der Waals surface area contributed by atoms with Crippen LogP contribution >= 0.6 is 11.8 Å². The minimum atomic E-state index is -3.29.